The first-order valence-corrected chi connectivity index (χ1v) is 6.24. The number of carbonyl (C=O) groups is 1. The van der Waals surface area contributed by atoms with E-state index in [2.05, 4.69) is 5.32 Å². The summed E-state index contributed by atoms with van der Waals surface area (Å²) in [4.78, 5) is 11.8. The number of rotatable bonds is 10. The molecule has 0 aromatic carbocycles. The van der Waals surface area contributed by atoms with Gasteiger partial charge in [-0.2, -0.15) is 0 Å². The van der Waals surface area contributed by atoms with Crippen molar-refractivity contribution < 1.29 is 14.3 Å². The van der Waals surface area contributed by atoms with E-state index in [0.717, 1.165) is 6.42 Å². The monoisotopic (exact) mass is 246 g/mol. The summed E-state index contributed by atoms with van der Waals surface area (Å²) >= 11 is 0. The first-order chi connectivity index (χ1) is 8.10. The molecule has 17 heavy (non-hydrogen) atoms. The first-order valence-electron chi connectivity index (χ1n) is 6.24. The number of hydrogen-bond acceptors (Lipinski definition) is 4. The summed E-state index contributed by atoms with van der Waals surface area (Å²) in [6.07, 6.45) is 2.10. The normalized spacial score (nSPS) is 11.5. The van der Waals surface area contributed by atoms with Crippen molar-refractivity contribution in [3.05, 3.63) is 0 Å². The molecule has 0 aliphatic rings. The molecule has 0 heterocycles. The molecular formula is C12H26N2O3. The lowest BCUT2D eigenvalue weighted by Crippen LogP contribution is -2.53. The number of methoxy groups -OCH3 is 1. The molecule has 0 rings (SSSR count). The van der Waals surface area contributed by atoms with Crippen LogP contribution < -0.4 is 11.1 Å². The van der Waals surface area contributed by atoms with Crippen molar-refractivity contribution in [2.75, 3.05) is 33.5 Å². The van der Waals surface area contributed by atoms with Crippen LogP contribution in [-0.4, -0.2) is 44.9 Å². The Labute approximate surface area is 104 Å². The number of nitrogens with two attached hydrogens (primary N) is 1. The molecule has 0 spiro atoms. The minimum absolute atomic E-state index is 0.0700. The van der Waals surface area contributed by atoms with Gasteiger partial charge < -0.3 is 20.5 Å². The minimum atomic E-state index is -0.725. The van der Waals surface area contributed by atoms with E-state index in [9.17, 15) is 4.79 Å². The fourth-order valence-corrected chi connectivity index (χ4v) is 1.37. The van der Waals surface area contributed by atoms with Crippen molar-refractivity contribution in [1.29, 1.82) is 0 Å². The largest absolute Gasteiger partial charge is 0.382 e. The van der Waals surface area contributed by atoms with Crippen molar-refractivity contribution in [3.8, 4) is 0 Å². The summed E-state index contributed by atoms with van der Waals surface area (Å²) in [5.41, 5.74) is 5.24. The Bertz CT molecular complexity index is 206. The Hall–Kier alpha value is -0.650. The van der Waals surface area contributed by atoms with Crippen LogP contribution in [0.2, 0.25) is 0 Å². The van der Waals surface area contributed by atoms with Crippen LogP contribution in [-0.2, 0) is 14.3 Å². The number of carbonyl (C=O) groups excluding carboxylic acids is 1. The molecule has 3 N–H and O–H groups in total. The van der Waals surface area contributed by atoms with E-state index in [-0.39, 0.29) is 5.91 Å². The number of amides is 1. The Balaban J connectivity index is 3.57. The average molecular weight is 246 g/mol. The predicted octanol–water partition coefficient (Wildman–Crippen LogP) is 0.673. The van der Waals surface area contributed by atoms with Crippen molar-refractivity contribution in [3.63, 3.8) is 0 Å². The molecule has 5 heteroatoms. The Morgan fingerprint density at radius 1 is 1.24 bits per heavy atom. The molecule has 0 saturated carbocycles. The SMILES string of the molecule is CCC(N)(CC)C(=O)NCCCOCCOC. The van der Waals surface area contributed by atoms with Gasteiger partial charge in [0, 0.05) is 20.3 Å². The second kappa shape index (κ2) is 9.39. The zero-order chi connectivity index (χ0) is 13.1. The lowest BCUT2D eigenvalue weighted by atomic mass is 9.93. The molecule has 0 aliphatic carbocycles. The smallest absolute Gasteiger partial charge is 0.240 e. The third-order valence-corrected chi connectivity index (χ3v) is 2.90. The van der Waals surface area contributed by atoms with Crippen LogP contribution in [0.15, 0.2) is 0 Å². The second-order valence-corrected chi connectivity index (χ2v) is 4.08. The zero-order valence-electron chi connectivity index (χ0n) is 11.3. The molecule has 0 fully saturated rings. The summed E-state index contributed by atoms with van der Waals surface area (Å²) in [6, 6.07) is 0. The molecule has 102 valence electrons. The van der Waals surface area contributed by atoms with Gasteiger partial charge in [-0.15, -0.1) is 0 Å². The maximum atomic E-state index is 11.8. The van der Waals surface area contributed by atoms with Crippen LogP contribution in [0, 0.1) is 0 Å². The molecule has 0 unspecified atom stereocenters. The Morgan fingerprint density at radius 2 is 1.88 bits per heavy atom. The van der Waals surface area contributed by atoms with Gasteiger partial charge in [-0.3, -0.25) is 4.79 Å². The molecule has 0 atom stereocenters. The summed E-state index contributed by atoms with van der Waals surface area (Å²) < 4.78 is 10.1. The van der Waals surface area contributed by atoms with Gasteiger partial charge in [0.15, 0.2) is 0 Å². The molecule has 0 bridgehead atoms. The van der Waals surface area contributed by atoms with Crippen LogP contribution >= 0.6 is 0 Å². The second-order valence-electron chi connectivity index (χ2n) is 4.08. The van der Waals surface area contributed by atoms with Gasteiger partial charge in [0.25, 0.3) is 0 Å². The van der Waals surface area contributed by atoms with Gasteiger partial charge >= 0.3 is 0 Å². The average Bonchev–Trinajstić information content (AvgIpc) is 2.36. The summed E-state index contributed by atoms with van der Waals surface area (Å²) in [5.74, 6) is -0.0700. The van der Waals surface area contributed by atoms with Crippen molar-refractivity contribution in [2.24, 2.45) is 5.73 Å². The first kappa shape index (κ1) is 16.4. The van der Waals surface area contributed by atoms with E-state index in [1.807, 2.05) is 13.8 Å². The van der Waals surface area contributed by atoms with Crippen LogP contribution in [0.1, 0.15) is 33.1 Å². The summed E-state index contributed by atoms with van der Waals surface area (Å²) in [7, 11) is 1.64. The molecule has 0 aliphatic heterocycles. The highest BCUT2D eigenvalue weighted by Crippen LogP contribution is 2.10. The van der Waals surface area contributed by atoms with Gasteiger partial charge in [0.05, 0.1) is 18.8 Å². The van der Waals surface area contributed by atoms with E-state index >= 15 is 0 Å². The fraction of sp³-hybridized carbons (Fsp3) is 0.917. The topological polar surface area (TPSA) is 73.6 Å². The predicted molar refractivity (Wildman–Crippen MR) is 67.8 cm³/mol. The Morgan fingerprint density at radius 3 is 2.41 bits per heavy atom. The third kappa shape index (κ3) is 6.61. The van der Waals surface area contributed by atoms with Crippen molar-refractivity contribution in [2.45, 2.75) is 38.6 Å². The van der Waals surface area contributed by atoms with E-state index in [1.54, 1.807) is 7.11 Å². The van der Waals surface area contributed by atoms with Gasteiger partial charge in [0.2, 0.25) is 5.91 Å². The Kier molecular flexibility index (Phi) is 9.03. The van der Waals surface area contributed by atoms with E-state index in [4.69, 9.17) is 15.2 Å². The highest BCUT2D eigenvalue weighted by atomic mass is 16.5. The zero-order valence-corrected chi connectivity index (χ0v) is 11.3. The molecular weight excluding hydrogens is 220 g/mol. The highest BCUT2D eigenvalue weighted by Gasteiger charge is 2.29. The van der Waals surface area contributed by atoms with Crippen LogP contribution in [0.3, 0.4) is 0 Å². The number of nitrogens with one attached hydrogen (secondary N) is 1. The molecule has 0 saturated heterocycles. The van der Waals surface area contributed by atoms with Crippen molar-refractivity contribution >= 4 is 5.91 Å². The number of hydrogen-bond donors (Lipinski definition) is 2. The quantitative estimate of drug-likeness (QED) is 0.556. The number of ether oxygens (including phenoxy) is 2. The highest BCUT2D eigenvalue weighted by molar-refractivity contribution is 5.85. The van der Waals surface area contributed by atoms with E-state index < -0.39 is 5.54 Å². The van der Waals surface area contributed by atoms with Crippen LogP contribution in [0.5, 0.6) is 0 Å². The molecule has 0 aromatic heterocycles. The summed E-state index contributed by atoms with van der Waals surface area (Å²) in [6.45, 7) is 6.28. The van der Waals surface area contributed by atoms with Gasteiger partial charge in [-0.25, -0.2) is 0 Å². The van der Waals surface area contributed by atoms with Gasteiger partial charge in [-0.05, 0) is 19.3 Å². The van der Waals surface area contributed by atoms with E-state index in [0.29, 0.717) is 39.2 Å². The fourth-order valence-electron chi connectivity index (χ4n) is 1.37. The van der Waals surface area contributed by atoms with Crippen molar-refractivity contribution in [1.82, 2.24) is 5.32 Å². The lowest BCUT2D eigenvalue weighted by molar-refractivity contribution is -0.126. The van der Waals surface area contributed by atoms with Gasteiger partial charge in [0.1, 0.15) is 0 Å². The molecule has 0 aromatic rings. The standard InChI is InChI=1S/C12H26N2O3/c1-4-12(13,5-2)11(15)14-7-6-8-17-10-9-16-3/h4-10,13H2,1-3H3,(H,14,15). The lowest BCUT2D eigenvalue weighted by Gasteiger charge is -2.25. The van der Waals surface area contributed by atoms with E-state index in [1.165, 1.54) is 0 Å². The van der Waals surface area contributed by atoms with Crippen LogP contribution in [0.25, 0.3) is 0 Å². The van der Waals surface area contributed by atoms with Gasteiger partial charge in [-0.1, -0.05) is 13.8 Å². The maximum Gasteiger partial charge on any atom is 0.240 e. The molecule has 5 nitrogen and oxygen atoms in total. The van der Waals surface area contributed by atoms with Crippen LogP contribution in [0.4, 0.5) is 0 Å². The summed E-state index contributed by atoms with van der Waals surface area (Å²) in [5, 5.41) is 2.84. The molecule has 0 radical (unpaired) electrons. The third-order valence-electron chi connectivity index (χ3n) is 2.90. The minimum Gasteiger partial charge on any atom is -0.382 e. The maximum absolute atomic E-state index is 11.8. The molecule has 1 amide bonds.